The monoisotopic (exact) mass is 338 g/mol. The molecule has 5 heteroatoms. The van der Waals surface area contributed by atoms with E-state index in [9.17, 15) is 9.90 Å². The Hall–Kier alpha value is -1.46. The lowest BCUT2D eigenvalue weighted by Crippen LogP contribution is -2.01. The molecular weight excluding hydrogens is 328 g/mol. The van der Waals surface area contributed by atoms with Crippen molar-refractivity contribution < 1.29 is 15.0 Å². The van der Waals surface area contributed by atoms with Crippen LogP contribution < -0.4 is 0 Å². The number of halogens is 1. The number of aromatic hydroxyl groups is 1. The van der Waals surface area contributed by atoms with Crippen LogP contribution >= 0.6 is 27.7 Å². The standard InChI is InChI=1S/C14H11BrO3S/c15-10-1-6-13(9(7-10)8-14(17)18)19-12-4-2-11(16)3-5-12/h1-7,16H,8H2,(H,17,18). The second-order valence-electron chi connectivity index (χ2n) is 3.92. The molecule has 0 atom stereocenters. The van der Waals surface area contributed by atoms with Crippen LogP contribution in [0.15, 0.2) is 56.7 Å². The number of phenolic OH excluding ortho intramolecular Hbond substituents is 1. The number of carboxylic acids is 1. The SMILES string of the molecule is O=C(O)Cc1cc(Br)ccc1Sc1ccc(O)cc1. The fourth-order valence-electron chi connectivity index (χ4n) is 1.59. The van der Waals surface area contributed by atoms with Gasteiger partial charge in [0.1, 0.15) is 5.75 Å². The Labute approximate surface area is 123 Å². The molecule has 2 aromatic rings. The first-order valence-electron chi connectivity index (χ1n) is 5.52. The van der Waals surface area contributed by atoms with Gasteiger partial charge in [0.2, 0.25) is 0 Å². The van der Waals surface area contributed by atoms with Gasteiger partial charge in [-0.1, -0.05) is 27.7 Å². The van der Waals surface area contributed by atoms with Gasteiger partial charge in [-0.3, -0.25) is 4.79 Å². The van der Waals surface area contributed by atoms with Crippen molar-refractivity contribution in [2.45, 2.75) is 16.2 Å². The van der Waals surface area contributed by atoms with Crippen molar-refractivity contribution in [3.8, 4) is 5.75 Å². The molecule has 0 aromatic heterocycles. The summed E-state index contributed by atoms with van der Waals surface area (Å²) < 4.78 is 0.860. The number of carboxylic acid groups (broad SMARTS) is 1. The van der Waals surface area contributed by atoms with Crippen LogP contribution in [0.1, 0.15) is 5.56 Å². The summed E-state index contributed by atoms with van der Waals surface area (Å²) in [6.07, 6.45) is -0.0140. The molecule has 0 spiro atoms. The third-order valence-electron chi connectivity index (χ3n) is 2.43. The van der Waals surface area contributed by atoms with E-state index in [2.05, 4.69) is 15.9 Å². The summed E-state index contributed by atoms with van der Waals surface area (Å²) >= 11 is 4.82. The predicted molar refractivity (Wildman–Crippen MR) is 77.7 cm³/mol. The van der Waals surface area contributed by atoms with Gasteiger partial charge < -0.3 is 10.2 Å². The lowest BCUT2D eigenvalue weighted by atomic mass is 10.1. The Morgan fingerprint density at radius 3 is 2.47 bits per heavy atom. The van der Waals surface area contributed by atoms with Crippen LogP contribution in [0.3, 0.4) is 0 Å². The maximum absolute atomic E-state index is 10.9. The van der Waals surface area contributed by atoms with E-state index in [1.807, 2.05) is 18.2 Å². The van der Waals surface area contributed by atoms with E-state index in [1.165, 1.54) is 11.8 Å². The highest BCUT2D eigenvalue weighted by atomic mass is 79.9. The lowest BCUT2D eigenvalue weighted by Gasteiger charge is -2.08. The Balaban J connectivity index is 2.28. The number of carbonyl (C=O) groups is 1. The molecular formula is C14H11BrO3S. The first-order valence-corrected chi connectivity index (χ1v) is 7.12. The van der Waals surface area contributed by atoms with Crippen molar-refractivity contribution in [2.24, 2.45) is 0 Å². The third kappa shape index (κ3) is 4.01. The van der Waals surface area contributed by atoms with Crippen molar-refractivity contribution in [1.82, 2.24) is 0 Å². The van der Waals surface area contributed by atoms with Crippen molar-refractivity contribution in [2.75, 3.05) is 0 Å². The van der Waals surface area contributed by atoms with Gasteiger partial charge in [0.05, 0.1) is 6.42 Å². The van der Waals surface area contributed by atoms with Crippen molar-refractivity contribution in [1.29, 1.82) is 0 Å². The predicted octanol–water partition coefficient (Wildman–Crippen LogP) is 3.93. The van der Waals surface area contributed by atoms with Crippen molar-refractivity contribution in [3.63, 3.8) is 0 Å². The zero-order chi connectivity index (χ0) is 13.8. The van der Waals surface area contributed by atoms with Gasteiger partial charge in [0, 0.05) is 14.3 Å². The largest absolute Gasteiger partial charge is 0.508 e. The molecule has 0 amide bonds. The van der Waals surface area contributed by atoms with Crippen LogP contribution in [0, 0.1) is 0 Å². The number of phenols is 1. The van der Waals surface area contributed by atoms with Gasteiger partial charge in [-0.05, 0) is 48.0 Å². The number of aliphatic carboxylic acids is 1. The maximum atomic E-state index is 10.9. The first kappa shape index (κ1) is 14.0. The highest BCUT2D eigenvalue weighted by Crippen LogP contribution is 2.33. The van der Waals surface area contributed by atoms with Crippen molar-refractivity contribution in [3.05, 3.63) is 52.5 Å². The molecule has 0 heterocycles. The summed E-state index contributed by atoms with van der Waals surface area (Å²) in [5, 5.41) is 18.2. The molecule has 3 nitrogen and oxygen atoms in total. The molecule has 0 fully saturated rings. The minimum atomic E-state index is -0.856. The zero-order valence-corrected chi connectivity index (χ0v) is 12.2. The van der Waals surface area contributed by atoms with Gasteiger partial charge >= 0.3 is 5.97 Å². The highest BCUT2D eigenvalue weighted by molar-refractivity contribution is 9.10. The van der Waals surface area contributed by atoms with Crippen molar-refractivity contribution >= 4 is 33.7 Å². The summed E-state index contributed by atoms with van der Waals surface area (Å²) in [4.78, 5) is 12.7. The lowest BCUT2D eigenvalue weighted by molar-refractivity contribution is -0.136. The molecule has 0 unspecified atom stereocenters. The highest BCUT2D eigenvalue weighted by Gasteiger charge is 2.09. The summed E-state index contributed by atoms with van der Waals surface area (Å²) in [6, 6.07) is 12.4. The number of hydrogen-bond donors (Lipinski definition) is 2. The van der Waals surface area contributed by atoms with Crippen LogP contribution in [-0.2, 0) is 11.2 Å². The average Bonchev–Trinajstić information content (AvgIpc) is 2.34. The van der Waals surface area contributed by atoms with Crippen LogP contribution in [0.25, 0.3) is 0 Å². The Kier molecular flexibility index (Phi) is 4.50. The fourth-order valence-corrected chi connectivity index (χ4v) is 2.92. The number of hydrogen-bond acceptors (Lipinski definition) is 3. The zero-order valence-electron chi connectivity index (χ0n) is 9.84. The molecule has 2 rings (SSSR count). The van der Waals surface area contributed by atoms with E-state index in [0.29, 0.717) is 0 Å². The molecule has 0 aliphatic rings. The molecule has 0 radical (unpaired) electrons. The summed E-state index contributed by atoms with van der Waals surface area (Å²) in [7, 11) is 0. The minimum absolute atomic E-state index is 0.0140. The normalized spacial score (nSPS) is 10.4. The molecule has 2 aromatic carbocycles. The van der Waals surface area contributed by atoms with E-state index in [-0.39, 0.29) is 12.2 Å². The van der Waals surface area contributed by atoms with E-state index in [4.69, 9.17) is 5.11 Å². The van der Waals surface area contributed by atoms with Gasteiger partial charge in [0.25, 0.3) is 0 Å². The minimum Gasteiger partial charge on any atom is -0.508 e. The van der Waals surface area contributed by atoms with E-state index in [1.54, 1.807) is 24.3 Å². The van der Waals surface area contributed by atoms with Crippen LogP contribution in [0.5, 0.6) is 5.75 Å². The average molecular weight is 339 g/mol. The van der Waals surface area contributed by atoms with Crippen LogP contribution in [-0.4, -0.2) is 16.2 Å². The third-order valence-corrected chi connectivity index (χ3v) is 4.05. The fraction of sp³-hybridized carbons (Fsp3) is 0.0714. The van der Waals surface area contributed by atoms with Gasteiger partial charge in [-0.2, -0.15) is 0 Å². The number of rotatable bonds is 4. The Bertz CT molecular complexity index is 596. The van der Waals surface area contributed by atoms with Crippen LogP contribution in [0.2, 0.25) is 0 Å². The van der Waals surface area contributed by atoms with E-state index < -0.39 is 5.97 Å². The Morgan fingerprint density at radius 1 is 1.16 bits per heavy atom. The molecule has 98 valence electrons. The molecule has 0 bridgehead atoms. The van der Waals surface area contributed by atoms with Gasteiger partial charge in [-0.15, -0.1) is 0 Å². The molecule has 19 heavy (non-hydrogen) atoms. The van der Waals surface area contributed by atoms with E-state index >= 15 is 0 Å². The van der Waals surface area contributed by atoms with Gasteiger partial charge in [-0.25, -0.2) is 0 Å². The van der Waals surface area contributed by atoms with Gasteiger partial charge in [0.15, 0.2) is 0 Å². The van der Waals surface area contributed by atoms with E-state index in [0.717, 1.165) is 19.8 Å². The number of benzene rings is 2. The molecule has 0 aliphatic heterocycles. The summed E-state index contributed by atoms with van der Waals surface area (Å²) in [5.41, 5.74) is 0.764. The van der Waals surface area contributed by atoms with Crippen LogP contribution in [0.4, 0.5) is 0 Å². The molecule has 2 N–H and O–H groups in total. The molecule has 0 saturated heterocycles. The maximum Gasteiger partial charge on any atom is 0.307 e. The summed E-state index contributed by atoms with van der Waals surface area (Å²) in [5.74, 6) is -0.642. The Morgan fingerprint density at radius 2 is 1.84 bits per heavy atom. The summed E-state index contributed by atoms with van der Waals surface area (Å²) in [6.45, 7) is 0. The second-order valence-corrected chi connectivity index (χ2v) is 5.95. The smallest absolute Gasteiger partial charge is 0.307 e. The quantitative estimate of drug-likeness (QED) is 0.886. The second kappa shape index (κ2) is 6.12. The topological polar surface area (TPSA) is 57.5 Å². The first-order chi connectivity index (χ1) is 9.04. The molecule has 0 aliphatic carbocycles. The molecule has 0 saturated carbocycles.